The molecule has 0 bridgehead atoms. The molecule has 1 saturated heterocycles. The van der Waals surface area contributed by atoms with E-state index >= 15 is 0 Å². The normalized spacial score (nSPS) is 15.1. The fourth-order valence-electron chi connectivity index (χ4n) is 3.81. The van der Waals surface area contributed by atoms with Gasteiger partial charge in [0.05, 0.1) is 35.0 Å². The van der Waals surface area contributed by atoms with Crippen molar-refractivity contribution in [3.8, 4) is 6.07 Å². The van der Waals surface area contributed by atoms with Gasteiger partial charge < -0.3 is 15.0 Å². The van der Waals surface area contributed by atoms with E-state index in [1.807, 2.05) is 4.90 Å². The highest BCUT2D eigenvalue weighted by Crippen LogP contribution is 2.38. The molecule has 1 aromatic heterocycles. The third-order valence-electron chi connectivity index (χ3n) is 5.27. The van der Waals surface area contributed by atoms with Gasteiger partial charge in [0.15, 0.2) is 5.11 Å². The van der Waals surface area contributed by atoms with Crippen LogP contribution in [-0.4, -0.2) is 42.2 Å². The SMILES string of the molecule is N#Cc1c(NC(=S)NC(=O)c2cc([N+](=O)[O-])ccc2N2CCOCC2)sc2c1CCC2. The van der Waals surface area contributed by atoms with Crippen LogP contribution in [0.1, 0.15) is 32.8 Å². The number of benzene rings is 1. The van der Waals surface area contributed by atoms with E-state index in [4.69, 9.17) is 17.0 Å². The van der Waals surface area contributed by atoms with Crippen LogP contribution in [0.2, 0.25) is 0 Å². The molecule has 4 rings (SSSR count). The molecular weight excluding hydrogens is 438 g/mol. The smallest absolute Gasteiger partial charge is 0.270 e. The summed E-state index contributed by atoms with van der Waals surface area (Å²) in [6.07, 6.45) is 2.84. The molecule has 1 aromatic carbocycles. The molecule has 1 aliphatic carbocycles. The van der Waals surface area contributed by atoms with Gasteiger partial charge in [-0.05, 0) is 43.1 Å². The van der Waals surface area contributed by atoms with Crippen LogP contribution in [0.3, 0.4) is 0 Å². The zero-order valence-corrected chi connectivity index (χ0v) is 18.1. The summed E-state index contributed by atoms with van der Waals surface area (Å²) in [5.74, 6) is -0.551. The molecule has 2 heterocycles. The molecule has 1 fully saturated rings. The summed E-state index contributed by atoms with van der Waals surface area (Å²) >= 11 is 6.77. The van der Waals surface area contributed by atoms with Gasteiger partial charge in [-0.25, -0.2) is 0 Å². The minimum absolute atomic E-state index is 0.0425. The Kier molecular flexibility index (Phi) is 6.13. The lowest BCUT2D eigenvalue weighted by Crippen LogP contribution is -2.39. The number of nitrogens with one attached hydrogen (secondary N) is 2. The van der Waals surface area contributed by atoms with Crippen LogP contribution < -0.4 is 15.5 Å². The monoisotopic (exact) mass is 457 g/mol. The van der Waals surface area contributed by atoms with Crippen molar-refractivity contribution in [3.05, 3.63) is 49.9 Å². The third-order valence-corrected chi connectivity index (χ3v) is 6.69. The number of rotatable bonds is 4. The second-order valence-corrected chi connectivity index (χ2v) is 8.65. The summed E-state index contributed by atoms with van der Waals surface area (Å²) in [4.78, 5) is 26.8. The molecule has 1 aliphatic heterocycles. The number of aryl methyl sites for hydroxylation is 1. The van der Waals surface area contributed by atoms with Crippen LogP contribution in [0, 0.1) is 21.4 Å². The molecule has 0 spiro atoms. The summed E-state index contributed by atoms with van der Waals surface area (Å²) in [5.41, 5.74) is 2.19. The minimum Gasteiger partial charge on any atom is -0.378 e. The van der Waals surface area contributed by atoms with Crippen molar-refractivity contribution in [2.24, 2.45) is 0 Å². The first kappa shape index (κ1) is 21.2. The largest absolute Gasteiger partial charge is 0.378 e. The number of nitriles is 1. The number of amides is 1. The molecule has 9 nitrogen and oxygen atoms in total. The Morgan fingerprint density at radius 2 is 2.10 bits per heavy atom. The van der Waals surface area contributed by atoms with E-state index in [1.54, 1.807) is 6.07 Å². The fourth-order valence-corrected chi connectivity index (χ4v) is 5.32. The zero-order valence-electron chi connectivity index (χ0n) is 16.5. The lowest BCUT2D eigenvalue weighted by molar-refractivity contribution is -0.384. The molecule has 160 valence electrons. The number of nitro groups is 1. The van der Waals surface area contributed by atoms with E-state index in [1.165, 1.54) is 28.3 Å². The Morgan fingerprint density at radius 1 is 1.32 bits per heavy atom. The van der Waals surface area contributed by atoms with Crippen molar-refractivity contribution < 1.29 is 14.5 Å². The van der Waals surface area contributed by atoms with E-state index in [0.717, 1.165) is 24.8 Å². The zero-order chi connectivity index (χ0) is 22.0. The standard InChI is InChI=1S/C20H19N5O4S2/c21-11-15-13-2-1-3-17(13)31-19(15)23-20(30)22-18(26)14-10-12(25(27)28)4-5-16(14)24-6-8-29-9-7-24/h4-5,10H,1-3,6-9H2,(H2,22,23,26,30). The molecule has 0 atom stereocenters. The summed E-state index contributed by atoms with van der Waals surface area (Å²) in [6, 6.07) is 6.43. The van der Waals surface area contributed by atoms with Crippen molar-refractivity contribution >= 4 is 51.0 Å². The highest BCUT2D eigenvalue weighted by Gasteiger charge is 2.25. The molecule has 11 heteroatoms. The Labute approximate surface area is 187 Å². The van der Waals surface area contributed by atoms with Gasteiger partial charge in [0, 0.05) is 30.1 Å². The Hall–Kier alpha value is -3.07. The van der Waals surface area contributed by atoms with Crippen LogP contribution in [0.4, 0.5) is 16.4 Å². The van der Waals surface area contributed by atoms with E-state index in [2.05, 4.69) is 16.7 Å². The number of nitro benzene ring substituents is 1. The van der Waals surface area contributed by atoms with E-state index in [0.29, 0.717) is 42.6 Å². The number of nitrogens with zero attached hydrogens (tertiary/aromatic N) is 3. The van der Waals surface area contributed by atoms with Crippen molar-refractivity contribution in [1.82, 2.24) is 5.32 Å². The molecule has 0 radical (unpaired) electrons. The molecule has 31 heavy (non-hydrogen) atoms. The second-order valence-electron chi connectivity index (χ2n) is 7.14. The van der Waals surface area contributed by atoms with Crippen LogP contribution in [-0.2, 0) is 17.6 Å². The number of hydrogen-bond donors (Lipinski definition) is 2. The minimum atomic E-state index is -0.551. The molecule has 2 aliphatic rings. The molecule has 1 amide bonds. The van der Waals surface area contributed by atoms with Crippen molar-refractivity contribution in [2.75, 3.05) is 36.5 Å². The van der Waals surface area contributed by atoms with Gasteiger partial charge >= 0.3 is 0 Å². The summed E-state index contributed by atoms with van der Waals surface area (Å²) in [7, 11) is 0. The topological polar surface area (TPSA) is 121 Å². The van der Waals surface area contributed by atoms with Gasteiger partial charge in [0.1, 0.15) is 11.1 Å². The predicted octanol–water partition coefficient (Wildman–Crippen LogP) is 2.98. The maximum atomic E-state index is 13.0. The number of carbonyl (C=O) groups excluding carboxylic acids is 1. The van der Waals surface area contributed by atoms with E-state index in [-0.39, 0.29) is 16.4 Å². The maximum Gasteiger partial charge on any atom is 0.270 e. The molecular formula is C20H19N5O4S2. The van der Waals surface area contributed by atoms with Gasteiger partial charge in [-0.1, -0.05) is 0 Å². The van der Waals surface area contributed by atoms with Gasteiger partial charge in [-0.3, -0.25) is 20.2 Å². The summed E-state index contributed by atoms with van der Waals surface area (Å²) in [6.45, 7) is 2.18. The quantitative estimate of drug-likeness (QED) is 0.408. The van der Waals surface area contributed by atoms with Crippen LogP contribution >= 0.6 is 23.6 Å². The number of morpholine rings is 1. The number of thiocarbonyl (C=S) groups is 1. The lowest BCUT2D eigenvalue weighted by Gasteiger charge is -2.30. The highest BCUT2D eigenvalue weighted by molar-refractivity contribution is 7.80. The Morgan fingerprint density at radius 3 is 2.81 bits per heavy atom. The van der Waals surface area contributed by atoms with Crippen molar-refractivity contribution in [2.45, 2.75) is 19.3 Å². The summed E-state index contributed by atoms with van der Waals surface area (Å²) < 4.78 is 5.36. The van der Waals surface area contributed by atoms with Crippen molar-refractivity contribution in [3.63, 3.8) is 0 Å². The van der Waals surface area contributed by atoms with E-state index in [9.17, 15) is 20.2 Å². The Bertz CT molecular complexity index is 1100. The lowest BCUT2D eigenvalue weighted by atomic mass is 10.1. The Balaban J connectivity index is 1.55. The second kappa shape index (κ2) is 8.97. The number of anilines is 2. The van der Waals surface area contributed by atoms with Gasteiger partial charge in [-0.2, -0.15) is 5.26 Å². The number of carbonyl (C=O) groups is 1. The molecule has 0 unspecified atom stereocenters. The first-order valence-corrected chi connectivity index (χ1v) is 11.0. The highest BCUT2D eigenvalue weighted by atomic mass is 32.1. The number of fused-ring (bicyclic) bond motifs is 1. The number of non-ortho nitro benzene ring substituents is 1. The maximum absolute atomic E-state index is 13.0. The van der Waals surface area contributed by atoms with Gasteiger partial charge in [0.25, 0.3) is 11.6 Å². The van der Waals surface area contributed by atoms with Gasteiger partial charge in [0.2, 0.25) is 0 Å². The average Bonchev–Trinajstić information content (AvgIpc) is 3.34. The van der Waals surface area contributed by atoms with Crippen molar-refractivity contribution in [1.29, 1.82) is 5.26 Å². The third kappa shape index (κ3) is 4.36. The molecule has 0 saturated carbocycles. The first-order chi connectivity index (χ1) is 15.0. The summed E-state index contributed by atoms with van der Waals surface area (Å²) in [5, 5.41) is 27.0. The predicted molar refractivity (Wildman–Crippen MR) is 121 cm³/mol. The number of ether oxygens (including phenoxy) is 1. The van der Waals surface area contributed by atoms with E-state index < -0.39 is 10.8 Å². The fraction of sp³-hybridized carbons (Fsp3) is 0.350. The molecule has 2 aromatic rings. The number of hydrogen-bond acceptors (Lipinski definition) is 8. The number of thiophene rings is 1. The van der Waals surface area contributed by atoms with Crippen LogP contribution in [0.25, 0.3) is 0 Å². The first-order valence-electron chi connectivity index (χ1n) is 9.76. The van der Waals surface area contributed by atoms with Crippen LogP contribution in [0.15, 0.2) is 18.2 Å². The molecule has 2 N–H and O–H groups in total. The average molecular weight is 458 g/mol. The van der Waals surface area contributed by atoms with Crippen LogP contribution in [0.5, 0.6) is 0 Å². The van der Waals surface area contributed by atoms with Gasteiger partial charge in [-0.15, -0.1) is 11.3 Å².